The highest BCUT2D eigenvalue weighted by Gasteiger charge is 2.17. The molecule has 0 saturated carbocycles. The molecule has 0 aliphatic carbocycles. The second kappa shape index (κ2) is 6.56. The summed E-state index contributed by atoms with van der Waals surface area (Å²) in [6, 6.07) is 3.92. The van der Waals surface area contributed by atoms with Crippen molar-refractivity contribution in [2.24, 2.45) is 5.73 Å². The minimum absolute atomic E-state index is 0.153. The number of alkyl carbamates (subject to hydrolysis) is 1. The second-order valence-corrected chi connectivity index (χ2v) is 5.38. The number of halogens is 1. The number of carbonyl (C=O) groups excluding carboxylic acids is 1. The molecule has 0 spiro atoms. The molecule has 5 nitrogen and oxygen atoms in total. The topological polar surface area (TPSA) is 73.6 Å². The summed E-state index contributed by atoms with van der Waals surface area (Å²) in [5.74, 6) is -0.334. The first kappa shape index (κ1) is 16.2. The van der Waals surface area contributed by atoms with Crippen molar-refractivity contribution in [2.75, 3.05) is 13.7 Å². The average molecular weight is 284 g/mol. The normalized spacial score (nSPS) is 12.7. The standard InChI is InChI=1S/C14H21FN2O3/c1-14(2,3)20-13(18)17-8-11(16)9-5-6-12(19-4)10(15)7-9/h5-7,11H,8,16H2,1-4H3,(H,17,18). The molecule has 112 valence electrons. The van der Waals surface area contributed by atoms with Gasteiger partial charge in [-0.05, 0) is 38.5 Å². The van der Waals surface area contributed by atoms with Crippen LogP contribution in [0.2, 0.25) is 0 Å². The summed E-state index contributed by atoms with van der Waals surface area (Å²) in [7, 11) is 1.39. The molecule has 1 amide bonds. The van der Waals surface area contributed by atoms with Crippen molar-refractivity contribution >= 4 is 6.09 Å². The molecule has 1 unspecified atom stereocenters. The molecule has 0 heterocycles. The van der Waals surface area contributed by atoms with Gasteiger partial charge in [0.2, 0.25) is 0 Å². The first-order valence-electron chi connectivity index (χ1n) is 6.29. The molecule has 1 aromatic rings. The third kappa shape index (κ3) is 5.05. The minimum Gasteiger partial charge on any atom is -0.494 e. The van der Waals surface area contributed by atoms with Gasteiger partial charge in [-0.25, -0.2) is 9.18 Å². The lowest BCUT2D eigenvalue weighted by molar-refractivity contribution is 0.0524. The molecule has 1 aromatic carbocycles. The first-order valence-corrected chi connectivity index (χ1v) is 6.29. The van der Waals surface area contributed by atoms with Crippen molar-refractivity contribution in [1.29, 1.82) is 0 Å². The van der Waals surface area contributed by atoms with E-state index in [-0.39, 0.29) is 12.3 Å². The van der Waals surface area contributed by atoms with Crippen LogP contribution in [0.4, 0.5) is 9.18 Å². The number of rotatable bonds is 4. The van der Waals surface area contributed by atoms with E-state index in [4.69, 9.17) is 15.2 Å². The Morgan fingerprint density at radius 3 is 2.60 bits per heavy atom. The second-order valence-electron chi connectivity index (χ2n) is 5.38. The smallest absolute Gasteiger partial charge is 0.407 e. The van der Waals surface area contributed by atoms with Crippen molar-refractivity contribution < 1.29 is 18.7 Å². The molecular formula is C14H21FN2O3. The van der Waals surface area contributed by atoms with Crippen molar-refractivity contribution in [2.45, 2.75) is 32.4 Å². The lowest BCUT2D eigenvalue weighted by Crippen LogP contribution is -2.36. The zero-order valence-electron chi connectivity index (χ0n) is 12.2. The summed E-state index contributed by atoms with van der Waals surface area (Å²) >= 11 is 0. The van der Waals surface area contributed by atoms with Crippen LogP contribution in [-0.2, 0) is 4.74 Å². The van der Waals surface area contributed by atoms with Crippen LogP contribution in [0, 0.1) is 5.82 Å². The fourth-order valence-corrected chi connectivity index (χ4v) is 1.54. The first-order chi connectivity index (χ1) is 9.23. The van der Waals surface area contributed by atoms with Crippen LogP contribution in [-0.4, -0.2) is 25.3 Å². The molecule has 0 fully saturated rings. The Morgan fingerprint density at radius 1 is 1.45 bits per heavy atom. The fraction of sp³-hybridized carbons (Fsp3) is 0.500. The minimum atomic E-state index is -0.569. The monoisotopic (exact) mass is 284 g/mol. The highest BCUT2D eigenvalue weighted by Crippen LogP contribution is 2.20. The summed E-state index contributed by atoms with van der Waals surface area (Å²) in [6.07, 6.45) is -0.554. The number of hydrogen-bond acceptors (Lipinski definition) is 4. The van der Waals surface area contributed by atoms with E-state index >= 15 is 0 Å². The van der Waals surface area contributed by atoms with Gasteiger partial charge in [0.25, 0.3) is 0 Å². The van der Waals surface area contributed by atoms with E-state index in [1.807, 2.05) is 0 Å². The number of nitrogens with one attached hydrogen (secondary N) is 1. The molecule has 0 aliphatic heterocycles. The van der Waals surface area contributed by atoms with Gasteiger partial charge < -0.3 is 20.5 Å². The predicted octanol–water partition coefficient (Wildman–Crippen LogP) is 2.36. The number of amides is 1. The van der Waals surface area contributed by atoms with E-state index < -0.39 is 23.6 Å². The molecule has 0 aromatic heterocycles. The summed E-state index contributed by atoms with van der Waals surface area (Å²) in [5, 5.41) is 2.55. The highest BCUT2D eigenvalue weighted by molar-refractivity contribution is 5.67. The SMILES string of the molecule is COc1ccc(C(N)CNC(=O)OC(C)(C)C)cc1F. The Kier molecular flexibility index (Phi) is 5.33. The molecule has 6 heteroatoms. The Labute approximate surface area is 118 Å². The number of benzene rings is 1. The zero-order valence-corrected chi connectivity index (χ0v) is 12.2. The number of ether oxygens (including phenoxy) is 2. The number of methoxy groups -OCH3 is 1. The van der Waals surface area contributed by atoms with E-state index in [2.05, 4.69) is 5.32 Å². The van der Waals surface area contributed by atoms with E-state index in [0.717, 1.165) is 0 Å². The van der Waals surface area contributed by atoms with Crippen LogP contribution in [0.1, 0.15) is 32.4 Å². The summed E-state index contributed by atoms with van der Waals surface area (Å²) in [5.41, 5.74) is 5.89. The Hall–Kier alpha value is -1.82. The van der Waals surface area contributed by atoms with Gasteiger partial charge in [0.05, 0.1) is 7.11 Å². The maximum Gasteiger partial charge on any atom is 0.407 e. The van der Waals surface area contributed by atoms with E-state index in [0.29, 0.717) is 5.56 Å². The van der Waals surface area contributed by atoms with Crippen molar-refractivity contribution in [3.05, 3.63) is 29.6 Å². The molecule has 0 radical (unpaired) electrons. The van der Waals surface area contributed by atoms with Gasteiger partial charge in [-0.2, -0.15) is 0 Å². The maximum atomic E-state index is 13.5. The Bertz CT molecular complexity index is 472. The van der Waals surface area contributed by atoms with Gasteiger partial charge in [0.1, 0.15) is 5.60 Å². The Balaban J connectivity index is 2.57. The lowest BCUT2D eigenvalue weighted by Gasteiger charge is -2.21. The number of nitrogens with two attached hydrogens (primary N) is 1. The molecule has 0 saturated heterocycles. The van der Waals surface area contributed by atoms with Crippen LogP contribution in [0.3, 0.4) is 0 Å². The fourth-order valence-electron chi connectivity index (χ4n) is 1.54. The molecule has 1 atom stereocenters. The quantitative estimate of drug-likeness (QED) is 0.890. The van der Waals surface area contributed by atoms with Gasteiger partial charge in [-0.3, -0.25) is 0 Å². The molecule has 0 aliphatic rings. The van der Waals surface area contributed by atoms with Crippen LogP contribution in [0.25, 0.3) is 0 Å². The van der Waals surface area contributed by atoms with Gasteiger partial charge in [0.15, 0.2) is 11.6 Å². The predicted molar refractivity (Wildman–Crippen MR) is 74.1 cm³/mol. The van der Waals surface area contributed by atoms with Crippen LogP contribution in [0.5, 0.6) is 5.75 Å². The number of hydrogen-bond donors (Lipinski definition) is 2. The largest absolute Gasteiger partial charge is 0.494 e. The van der Waals surface area contributed by atoms with Crippen molar-refractivity contribution in [3.63, 3.8) is 0 Å². The van der Waals surface area contributed by atoms with Crippen molar-refractivity contribution in [1.82, 2.24) is 5.32 Å². The van der Waals surface area contributed by atoms with E-state index in [9.17, 15) is 9.18 Å². The van der Waals surface area contributed by atoms with Gasteiger partial charge in [-0.1, -0.05) is 6.07 Å². The Morgan fingerprint density at radius 2 is 2.10 bits per heavy atom. The highest BCUT2D eigenvalue weighted by atomic mass is 19.1. The molecule has 1 rings (SSSR count). The van der Waals surface area contributed by atoms with Crippen molar-refractivity contribution in [3.8, 4) is 5.75 Å². The van der Waals surface area contributed by atoms with Gasteiger partial charge in [-0.15, -0.1) is 0 Å². The lowest BCUT2D eigenvalue weighted by atomic mass is 10.1. The zero-order chi connectivity index (χ0) is 15.3. The average Bonchev–Trinajstić information content (AvgIpc) is 2.33. The third-order valence-electron chi connectivity index (χ3n) is 2.47. The summed E-state index contributed by atoms with van der Waals surface area (Å²) < 4.78 is 23.5. The number of carbonyl (C=O) groups is 1. The van der Waals surface area contributed by atoms with Gasteiger partial charge >= 0.3 is 6.09 Å². The molecule has 3 N–H and O–H groups in total. The molecule has 0 bridgehead atoms. The van der Waals surface area contributed by atoms with Crippen LogP contribution in [0.15, 0.2) is 18.2 Å². The molecule has 20 heavy (non-hydrogen) atoms. The summed E-state index contributed by atoms with van der Waals surface area (Å²) in [6.45, 7) is 5.46. The van der Waals surface area contributed by atoms with Crippen LogP contribution < -0.4 is 15.8 Å². The third-order valence-corrected chi connectivity index (χ3v) is 2.47. The van der Waals surface area contributed by atoms with E-state index in [1.165, 1.54) is 19.2 Å². The maximum absolute atomic E-state index is 13.5. The van der Waals surface area contributed by atoms with Crippen LogP contribution >= 0.6 is 0 Å². The van der Waals surface area contributed by atoms with E-state index in [1.54, 1.807) is 26.8 Å². The molecular weight excluding hydrogens is 263 g/mol. The van der Waals surface area contributed by atoms with Gasteiger partial charge in [0, 0.05) is 12.6 Å². The summed E-state index contributed by atoms with van der Waals surface area (Å²) in [4.78, 5) is 11.5.